The number of rotatable bonds is 6. The highest BCUT2D eigenvalue weighted by atomic mass is 32.2. The van der Waals surface area contributed by atoms with Crippen LogP contribution in [0, 0.1) is 0 Å². The summed E-state index contributed by atoms with van der Waals surface area (Å²) < 4.78 is 28.6. The van der Waals surface area contributed by atoms with Crippen LogP contribution in [0.5, 0.6) is 0 Å². The van der Waals surface area contributed by atoms with Crippen molar-refractivity contribution < 1.29 is 18.3 Å². The minimum atomic E-state index is -4.18. The van der Waals surface area contributed by atoms with Crippen LogP contribution in [0.4, 0.5) is 11.6 Å². The van der Waals surface area contributed by atoms with Crippen LogP contribution in [-0.4, -0.2) is 29.5 Å². The van der Waals surface area contributed by atoms with Gasteiger partial charge < -0.3 is 10.1 Å². The quantitative estimate of drug-likeness (QED) is 0.448. The molecule has 2 N–H and O–H groups in total. The third-order valence-electron chi connectivity index (χ3n) is 4.98. The molecule has 0 aliphatic heterocycles. The second-order valence-corrected chi connectivity index (χ2v) is 9.18. The van der Waals surface area contributed by atoms with E-state index in [9.17, 15) is 18.3 Å². The molecule has 0 amide bonds. The van der Waals surface area contributed by atoms with Gasteiger partial charge in [0.1, 0.15) is 0 Å². The molecule has 0 aliphatic carbocycles. The van der Waals surface area contributed by atoms with E-state index in [4.69, 9.17) is 0 Å². The van der Waals surface area contributed by atoms with E-state index in [1.54, 1.807) is 42.5 Å². The fourth-order valence-electron chi connectivity index (χ4n) is 3.46. The number of sulfonamides is 1. The summed E-state index contributed by atoms with van der Waals surface area (Å²) in [6, 6.07) is 20.0. The summed E-state index contributed by atoms with van der Waals surface area (Å²) in [5.74, 6) is -1.11. The lowest BCUT2D eigenvalue weighted by molar-refractivity contribution is 0.0695. The molecule has 7 nitrogen and oxygen atoms in total. The Morgan fingerprint density at radius 1 is 1.00 bits per heavy atom. The minimum Gasteiger partial charge on any atom is -0.478 e. The number of fused-ring (bicyclic) bond motifs is 1. The Morgan fingerprint density at radius 3 is 2.32 bits per heavy atom. The number of hydrogen-bond acceptors (Lipinski definition) is 4. The van der Waals surface area contributed by atoms with Crippen molar-refractivity contribution in [1.29, 1.82) is 0 Å². The average molecular weight is 436 g/mol. The number of carboxylic acid groups (broad SMARTS) is 1. The molecule has 0 radical (unpaired) electrons. The lowest BCUT2D eigenvalue weighted by atomic mass is 9.97. The minimum absolute atomic E-state index is 0.0336. The molecule has 4 rings (SSSR count). The van der Waals surface area contributed by atoms with Crippen LogP contribution in [-0.2, 0) is 10.0 Å². The zero-order chi connectivity index (χ0) is 22.2. The molecule has 0 unspecified atom stereocenters. The molecule has 0 saturated heterocycles. The normalized spacial score (nSPS) is 11.7. The van der Waals surface area contributed by atoms with E-state index in [1.807, 2.05) is 32.0 Å². The first-order chi connectivity index (χ1) is 14.8. The molecule has 4 aromatic rings. The summed E-state index contributed by atoms with van der Waals surface area (Å²) >= 11 is 0. The molecule has 3 aromatic carbocycles. The number of aromatic nitrogens is 2. The van der Waals surface area contributed by atoms with Crippen LogP contribution >= 0.6 is 0 Å². The van der Waals surface area contributed by atoms with Gasteiger partial charge in [-0.2, -0.15) is 0 Å². The van der Waals surface area contributed by atoms with Crippen molar-refractivity contribution in [3.63, 3.8) is 0 Å². The van der Waals surface area contributed by atoms with Gasteiger partial charge >= 0.3 is 5.97 Å². The van der Waals surface area contributed by atoms with Gasteiger partial charge in [-0.05, 0) is 47.9 Å². The Labute approximate surface area is 180 Å². The second-order valence-electron chi connectivity index (χ2n) is 7.39. The number of imidazole rings is 1. The number of H-pyrrole nitrogens is 1. The van der Waals surface area contributed by atoms with Gasteiger partial charge in [-0.3, -0.25) is 0 Å². The Hall–Kier alpha value is -3.65. The van der Waals surface area contributed by atoms with Crippen LogP contribution in [0.25, 0.3) is 11.0 Å². The Bertz CT molecular complexity index is 1330. The number of nitrogens with one attached hydrogen (secondary N) is 1. The van der Waals surface area contributed by atoms with E-state index < -0.39 is 16.0 Å². The lowest BCUT2D eigenvalue weighted by Crippen LogP contribution is -2.27. The summed E-state index contributed by atoms with van der Waals surface area (Å²) in [4.78, 5) is 19.2. The Kier molecular flexibility index (Phi) is 5.24. The standard InChI is InChI=1S/C23H21N3O4S/c1-15(2)18-13-12-17(14-19(18)22(27)28)31(29,30)26(16-8-4-3-5-9-16)23-24-20-10-6-7-11-21(20)25-23/h3-15H,1-2H3,(H,24,25)(H,27,28). The highest BCUT2D eigenvalue weighted by Gasteiger charge is 2.30. The SMILES string of the molecule is CC(C)c1ccc(S(=O)(=O)N(c2ccccc2)c2nc3ccccc3[nH]2)cc1C(=O)O. The fraction of sp³-hybridized carbons (Fsp3) is 0.130. The van der Waals surface area contributed by atoms with E-state index in [0.717, 1.165) is 4.31 Å². The van der Waals surface area contributed by atoms with Gasteiger partial charge in [0.15, 0.2) is 0 Å². The van der Waals surface area contributed by atoms with Gasteiger partial charge in [-0.1, -0.05) is 50.2 Å². The second kappa shape index (κ2) is 7.88. The molecule has 0 saturated carbocycles. The first-order valence-corrected chi connectivity index (χ1v) is 11.2. The van der Waals surface area contributed by atoms with Crippen molar-refractivity contribution in [2.24, 2.45) is 0 Å². The number of anilines is 2. The third-order valence-corrected chi connectivity index (χ3v) is 6.69. The molecule has 0 aliphatic rings. The van der Waals surface area contributed by atoms with E-state index in [1.165, 1.54) is 12.1 Å². The van der Waals surface area contributed by atoms with Crippen LogP contribution in [0.3, 0.4) is 0 Å². The Morgan fingerprint density at radius 2 is 1.68 bits per heavy atom. The van der Waals surface area contributed by atoms with Gasteiger partial charge in [0.25, 0.3) is 10.0 Å². The van der Waals surface area contributed by atoms with Crippen molar-refractivity contribution in [3.8, 4) is 0 Å². The predicted molar refractivity (Wildman–Crippen MR) is 119 cm³/mol. The maximum absolute atomic E-state index is 13.7. The van der Waals surface area contributed by atoms with E-state index in [-0.39, 0.29) is 22.3 Å². The summed E-state index contributed by atoms with van der Waals surface area (Å²) in [5.41, 5.74) is 2.23. The summed E-state index contributed by atoms with van der Waals surface area (Å²) in [7, 11) is -4.18. The number of para-hydroxylation sites is 3. The van der Waals surface area contributed by atoms with Gasteiger partial charge in [0.05, 0.1) is 27.2 Å². The summed E-state index contributed by atoms with van der Waals surface area (Å²) in [6.45, 7) is 3.72. The number of carbonyl (C=O) groups is 1. The largest absolute Gasteiger partial charge is 0.478 e. The molecular weight excluding hydrogens is 414 g/mol. The van der Waals surface area contributed by atoms with Crippen LogP contribution in [0.15, 0.2) is 77.7 Å². The van der Waals surface area contributed by atoms with E-state index >= 15 is 0 Å². The van der Waals surface area contributed by atoms with Crippen molar-refractivity contribution >= 4 is 38.7 Å². The monoisotopic (exact) mass is 435 g/mol. The lowest BCUT2D eigenvalue weighted by Gasteiger charge is -2.22. The van der Waals surface area contributed by atoms with Gasteiger partial charge in [-0.25, -0.2) is 22.5 Å². The van der Waals surface area contributed by atoms with Crippen LogP contribution in [0.1, 0.15) is 35.7 Å². The zero-order valence-electron chi connectivity index (χ0n) is 17.0. The van der Waals surface area contributed by atoms with Gasteiger partial charge in [0.2, 0.25) is 5.95 Å². The molecule has 0 spiro atoms. The van der Waals surface area contributed by atoms with Gasteiger partial charge in [-0.15, -0.1) is 0 Å². The molecule has 158 valence electrons. The maximum Gasteiger partial charge on any atom is 0.336 e. The molecule has 31 heavy (non-hydrogen) atoms. The first kappa shape index (κ1) is 20.6. The smallest absolute Gasteiger partial charge is 0.336 e. The third kappa shape index (κ3) is 3.77. The van der Waals surface area contributed by atoms with Crippen LogP contribution in [0.2, 0.25) is 0 Å². The van der Waals surface area contributed by atoms with Crippen molar-refractivity contribution in [1.82, 2.24) is 9.97 Å². The molecule has 0 fully saturated rings. The number of aromatic amines is 1. The average Bonchev–Trinajstić information content (AvgIpc) is 3.17. The molecule has 1 aromatic heterocycles. The Balaban J connectivity index is 1.92. The highest BCUT2D eigenvalue weighted by Crippen LogP contribution is 2.33. The zero-order valence-corrected chi connectivity index (χ0v) is 17.8. The predicted octanol–water partition coefficient (Wildman–Crippen LogP) is 4.91. The number of aromatic carboxylic acids is 1. The maximum atomic E-state index is 13.7. The number of nitrogens with zero attached hydrogens (tertiary/aromatic N) is 2. The molecular formula is C23H21N3O4S. The summed E-state index contributed by atoms with van der Waals surface area (Å²) in [5, 5.41) is 9.65. The van der Waals surface area contributed by atoms with Crippen LogP contribution < -0.4 is 4.31 Å². The van der Waals surface area contributed by atoms with E-state index in [2.05, 4.69) is 9.97 Å². The number of carboxylic acids is 1. The fourth-order valence-corrected chi connectivity index (χ4v) is 4.89. The molecule has 1 heterocycles. The van der Waals surface area contributed by atoms with Gasteiger partial charge in [0, 0.05) is 0 Å². The number of benzene rings is 3. The molecule has 0 bridgehead atoms. The van der Waals surface area contributed by atoms with Crippen molar-refractivity contribution in [2.45, 2.75) is 24.7 Å². The molecule has 0 atom stereocenters. The highest BCUT2D eigenvalue weighted by molar-refractivity contribution is 7.93. The van der Waals surface area contributed by atoms with E-state index in [0.29, 0.717) is 22.3 Å². The van der Waals surface area contributed by atoms with Crippen molar-refractivity contribution in [2.75, 3.05) is 4.31 Å². The summed E-state index contributed by atoms with van der Waals surface area (Å²) in [6.07, 6.45) is 0. The first-order valence-electron chi connectivity index (χ1n) is 9.71. The van der Waals surface area contributed by atoms with Crippen molar-refractivity contribution in [3.05, 3.63) is 83.9 Å². The number of hydrogen-bond donors (Lipinski definition) is 2. The topological polar surface area (TPSA) is 103 Å². The molecule has 8 heteroatoms.